The van der Waals surface area contributed by atoms with Crippen LogP contribution in [-0.4, -0.2) is 45.0 Å². The minimum atomic E-state index is -1.74. The summed E-state index contributed by atoms with van der Waals surface area (Å²) >= 11 is 3.87. The van der Waals surface area contributed by atoms with Crippen LogP contribution in [0.1, 0.15) is 53.4 Å². The Bertz CT molecular complexity index is 952. The number of carbonyl (C=O) groups is 4. The van der Waals surface area contributed by atoms with E-state index < -0.39 is 39.1 Å². The summed E-state index contributed by atoms with van der Waals surface area (Å²) in [5, 5.41) is 11.7. The molecule has 0 radical (unpaired) electrons. The summed E-state index contributed by atoms with van der Waals surface area (Å²) in [4.78, 5) is 50.1. The number of aliphatic hydroxyl groups is 1. The first kappa shape index (κ1) is 22.6. The Labute approximate surface area is 190 Å². The van der Waals surface area contributed by atoms with E-state index in [2.05, 4.69) is 15.9 Å². The topological polar surface area (TPSA) is 97.7 Å². The van der Waals surface area contributed by atoms with Crippen molar-refractivity contribution < 1.29 is 29.0 Å². The number of alkyl halides is 1. The molecule has 7 heteroatoms. The van der Waals surface area contributed by atoms with Crippen molar-refractivity contribution in [1.82, 2.24) is 0 Å². The van der Waals surface area contributed by atoms with Crippen molar-refractivity contribution in [3.63, 3.8) is 0 Å². The Morgan fingerprint density at radius 1 is 1.26 bits per heavy atom. The molecule has 7 atom stereocenters. The molecule has 0 bridgehead atoms. The minimum Gasteiger partial charge on any atom is -0.458 e. The predicted octanol–water partition coefficient (Wildman–Crippen LogP) is 3.10. The van der Waals surface area contributed by atoms with Crippen LogP contribution in [0.2, 0.25) is 0 Å². The van der Waals surface area contributed by atoms with Crippen molar-refractivity contribution >= 4 is 39.2 Å². The lowest BCUT2D eigenvalue weighted by Crippen LogP contribution is -2.67. The summed E-state index contributed by atoms with van der Waals surface area (Å²) in [5.41, 5.74) is -2.37. The summed E-state index contributed by atoms with van der Waals surface area (Å²) in [7, 11) is 0. The largest absolute Gasteiger partial charge is 0.458 e. The molecule has 0 saturated heterocycles. The van der Waals surface area contributed by atoms with Crippen LogP contribution in [-0.2, 0) is 23.9 Å². The van der Waals surface area contributed by atoms with Crippen LogP contribution in [0.25, 0.3) is 0 Å². The van der Waals surface area contributed by atoms with Gasteiger partial charge in [0.05, 0.1) is 4.32 Å². The molecule has 4 aliphatic carbocycles. The van der Waals surface area contributed by atoms with E-state index in [-0.39, 0.29) is 35.7 Å². The standard InChI is InChI=1S/C24H29BrO6/c1-13-9-18-17-6-5-15-10-16(27)7-8-21(15,3)23(17,25)19(28)11-22(18,4)24(13,30)20(29)12-31-14(2)26/h7-8,10,13,17-18,30H,5-6,9,11-12H2,1-4H3/t13?,17-,18-,21-,22-,23-,24-/m0/s1. The van der Waals surface area contributed by atoms with Crippen molar-refractivity contribution in [2.75, 3.05) is 6.61 Å². The van der Waals surface area contributed by atoms with Crippen molar-refractivity contribution in [1.29, 1.82) is 0 Å². The molecular weight excluding hydrogens is 464 g/mol. The molecule has 3 fully saturated rings. The number of allylic oxidation sites excluding steroid dienone is 4. The second-order valence-electron chi connectivity index (χ2n) is 10.2. The van der Waals surface area contributed by atoms with E-state index in [1.54, 1.807) is 6.08 Å². The predicted molar refractivity (Wildman–Crippen MR) is 116 cm³/mol. The molecule has 0 spiro atoms. The first-order valence-electron chi connectivity index (χ1n) is 10.9. The number of esters is 1. The number of ketones is 3. The second-order valence-corrected chi connectivity index (χ2v) is 11.4. The van der Waals surface area contributed by atoms with Crippen LogP contribution in [0.15, 0.2) is 23.8 Å². The molecule has 0 amide bonds. The molecule has 31 heavy (non-hydrogen) atoms. The molecule has 0 aromatic rings. The number of hydrogen-bond donors (Lipinski definition) is 1. The van der Waals surface area contributed by atoms with Gasteiger partial charge in [0, 0.05) is 24.2 Å². The van der Waals surface area contributed by atoms with Gasteiger partial charge in [0.15, 0.2) is 18.2 Å². The fraction of sp³-hybridized carbons (Fsp3) is 0.667. The van der Waals surface area contributed by atoms with Gasteiger partial charge in [-0.1, -0.05) is 48.4 Å². The van der Waals surface area contributed by atoms with Gasteiger partial charge in [-0.2, -0.15) is 0 Å². The number of carbonyl (C=O) groups excluding carboxylic acids is 4. The number of ether oxygens (including phenoxy) is 1. The smallest absolute Gasteiger partial charge is 0.303 e. The van der Waals surface area contributed by atoms with Crippen LogP contribution < -0.4 is 0 Å². The lowest BCUT2D eigenvalue weighted by Gasteiger charge is -2.61. The van der Waals surface area contributed by atoms with Gasteiger partial charge in [0.2, 0.25) is 5.78 Å². The highest BCUT2D eigenvalue weighted by molar-refractivity contribution is 9.10. The lowest BCUT2D eigenvalue weighted by atomic mass is 9.46. The summed E-state index contributed by atoms with van der Waals surface area (Å²) < 4.78 is 4.02. The maximum Gasteiger partial charge on any atom is 0.303 e. The highest BCUT2D eigenvalue weighted by Gasteiger charge is 2.74. The summed E-state index contributed by atoms with van der Waals surface area (Å²) in [6, 6.07) is 0. The molecule has 1 N–H and O–H groups in total. The molecule has 168 valence electrons. The van der Waals surface area contributed by atoms with Gasteiger partial charge in [-0.05, 0) is 49.2 Å². The number of Topliss-reactive ketones (excluding diaryl/α,β-unsaturated/α-hetero) is 2. The second kappa shape index (κ2) is 6.95. The Morgan fingerprint density at radius 3 is 2.58 bits per heavy atom. The molecule has 4 rings (SSSR count). The molecule has 6 nitrogen and oxygen atoms in total. The van der Waals surface area contributed by atoms with E-state index in [9.17, 15) is 24.3 Å². The zero-order valence-corrected chi connectivity index (χ0v) is 20.0. The SMILES string of the molecule is CC(=O)OCC(=O)[C@@]1(O)C(C)C[C@H]2[C@@H]3CCC4=CC(=O)C=C[C@]4(C)[C@@]3(Br)C(=O)C[C@@]21C. The van der Waals surface area contributed by atoms with Crippen molar-refractivity contribution in [2.24, 2.45) is 28.6 Å². The van der Waals surface area contributed by atoms with Crippen molar-refractivity contribution in [3.8, 4) is 0 Å². The molecule has 0 aromatic heterocycles. The third kappa shape index (κ3) is 2.71. The van der Waals surface area contributed by atoms with Gasteiger partial charge in [-0.25, -0.2) is 0 Å². The van der Waals surface area contributed by atoms with E-state index >= 15 is 0 Å². The third-order valence-corrected chi connectivity index (χ3v) is 10.7. The summed E-state index contributed by atoms with van der Waals surface area (Å²) in [5.74, 6) is -1.79. The first-order valence-corrected chi connectivity index (χ1v) is 11.7. The Hall–Kier alpha value is -1.60. The molecule has 0 aromatic carbocycles. The van der Waals surface area contributed by atoms with Crippen molar-refractivity contribution in [3.05, 3.63) is 23.8 Å². The fourth-order valence-electron chi connectivity index (χ4n) is 7.15. The highest BCUT2D eigenvalue weighted by Crippen LogP contribution is 2.70. The molecule has 1 unspecified atom stereocenters. The molecule has 3 saturated carbocycles. The molecular formula is C24H29BrO6. The first-order chi connectivity index (χ1) is 14.3. The van der Waals surface area contributed by atoms with Gasteiger partial charge in [0.1, 0.15) is 5.60 Å². The van der Waals surface area contributed by atoms with Gasteiger partial charge in [-0.15, -0.1) is 0 Å². The van der Waals surface area contributed by atoms with Crippen LogP contribution in [0.5, 0.6) is 0 Å². The van der Waals surface area contributed by atoms with Gasteiger partial charge in [-0.3, -0.25) is 19.2 Å². The zero-order valence-electron chi connectivity index (χ0n) is 18.4. The minimum absolute atomic E-state index is 0.0384. The highest BCUT2D eigenvalue weighted by atomic mass is 79.9. The molecule has 0 heterocycles. The van der Waals surface area contributed by atoms with E-state index in [1.165, 1.54) is 13.0 Å². The molecule has 0 aliphatic heterocycles. The van der Waals surface area contributed by atoms with Crippen LogP contribution in [0, 0.1) is 28.6 Å². The van der Waals surface area contributed by atoms with Gasteiger partial charge in [0.25, 0.3) is 0 Å². The van der Waals surface area contributed by atoms with Crippen molar-refractivity contribution in [2.45, 2.75) is 63.3 Å². The maximum atomic E-state index is 13.8. The van der Waals surface area contributed by atoms with Gasteiger partial charge >= 0.3 is 5.97 Å². The van der Waals surface area contributed by atoms with Crippen LogP contribution in [0.3, 0.4) is 0 Å². The van der Waals surface area contributed by atoms with Crippen LogP contribution >= 0.6 is 15.9 Å². The number of hydrogen-bond acceptors (Lipinski definition) is 6. The summed E-state index contributed by atoms with van der Waals surface area (Å²) in [6.45, 7) is 6.40. The third-order valence-electron chi connectivity index (χ3n) is 8.82. The average Bonchev–Trinajstić information content (AvgIpc) is 2.89. The Morgan fingerprint density at radius 2 is 1.94 bits per heavy atom. The average molecular weight is 493 g/mol. The fourth-order valence-corrected chi connectivity index (χ4v) is 8.22. The van der Waals surface area contributed by atoms with E-state index in [0.29, 0.717) is 19.3 Å². The summed E-state index contributed by atoms with van der Waals surface area (Å²) in [6.07, 6.45) is 7.06. The normalized spacial score (nSPS) is 46.0. The van der Waals surface area contributed by atoms with E-state index in [1.807, 2.05) is 26.8 Å². The number of fused-ring (bicyclic) bond motifs is 5. The van der Waals surface area contributed by atoms with Gasteiger partial charge < -0.3 is 9.84 Å². The van der Waals surface area contributed by atoms with E-state index in [0.717, 1.165) is 5.57 Å². The monoisotopic (exact) mass is 492 g/mol. The Kier molecular flexibility index (Phi) is 5.06. The van der Waals surface area contributed by atoms with Crippen LogP contribution in [0.4, 0.5) is 0 Å². The van der Waals surface area contributed by atoms with E-state index in [4.69, 9.17) is 4.74 Å². The lowest BCUT2D eigenvalue weighted by molar-refractivity contribution is -0.174. The Balaban J connectivity index is 1.77. The maximum absolute atomic E-state index is 13.8. The molecule has 4 aliphatic rings. The number of halogens is 1. The number of rotatable bonds is 3. The zero-order chi connectivity index (χ0) is 23.0. The quantitative estimate of drug-likeness (QED) is 0.480.